The van der Waals surface area contributed by atoms with Crippen molar-refractivity contribution >= 4 is 29.5 Å². The van der Waals surface area contributed by atoms with Gasteiger partial charge in [-0.05, 0) is 36.5 Å². The van der Waals surface area contributed by atoms with Crippen molar-refractivity contribution in [2.75, 3.05) is 25.2 Å². The number of nitrogens with one attached hydrogen (secondary N) is 2. The summed E-state index contributed by atoms with van der Waals surface area (Å²) in [5.41, 5.74) is 0.471. The monoisotopic (exact) mass is 366 g/mol. The van der Waals surface area contributed by atoms with E-state index in [4.69, 9.17) is 4.74 Å². The lowest BCUT2D eigenvalue weighted by Crippen LogP contribution is -2.43. The standard InChI is InChI=1S/C18H26N2O4S/c1-13(2)11-19-16(21)12-24-18(23)15(9-10-25-3)20-17(22)14-7-5-4-6-8-14/h4-8,13,15H,9-12H2,1-3H3,(H,19,21)(H,20,22)/t15-/m0/s1. The number of carbonyl (C=O) groups excluding carboxylic acids is 3. The molecule has 1 rings (SSSR count). The smallest absolute Gasteiger partial charge is 0.329 e. The Hall–Kier alpha value is -2.02. The number of thioether (sulfide) groups is 1. The van der Waals surface area contributed by atoms with Gasteiger partial charge in [0.05, 0.1) is 0 Å². The van der Waals surface area contributed by atoms with Crippen LogP contribution in [0.25, 0.3) is 0 Å². The Morgan fingerprint density at radius 3 is 2.44 bits per heavy atom. The molecule has 6 nitrogen and oxygen atoms in total. The molecule has 0 aliphatic rings. The van der Waals surface area contributed by atoms with Crippen LogP contribution < -0.4 is 10.6 Å². The van der Waals surface area contributed by atoms with Gasteiger partial charge in [-0.3, -0.25) is 9.59 Å². The van der Waals surface area contributed by atoms with Crippen molar-refractivity contribution in [3.05, 3.63) is 35.9 Å². The van der Waals surface area contributed by atoms with Crippen LogP contribution in [-0.2, 0) is 14.3 Å². The minimum absolute atomic E-state index is 0.319. The van der Waals surface area contributed by atoms with E-state index in [0.717, 1.165) is 0 Å². The first kappa shape index (κ1) is 21.0. The number of ether oxygens (including phenoxy) is 1. The van der Waals surface area contributed by atoms with Crippen molar-refractivity contribution in [2.24, 2.45) is 5.92 Å². The van der Waals surface area contributed by atoms with Crippen molar-refractivity contribution < 1.29 is 19.1 Å². The van der Waals surface area contributed by atoms with E-state index in [1.165, 1.54) is 0 Å². The summed E-state index contributed by atoms with van der Waals surface area (Å²) in [7, 11) is 0. The first-order chi connectivity index (χ1) is 11.9. The van der Waals surface area contributed by atoms with Crippen LogP contribution in [0.5, 0.6) is 0 Å². The Balaban J connectivity index is 2.57. The van der Waals surface area contributed by atoms with Crippen LogP contribution in [0.1, 0.15) is 30.6 Å². The number of esters is 1. The maximum atomic E-state index is 12.2. The molecule has 0 aromatic heterocycles. The topological polar surface area (TPSA) is 84.5 Å². The van der Waals surface area contributed by atoms with E-state index in [0.29, 0.717) is 30.2 Å². The summed E-state index contributed by atoms with van der Waals surface area (Å²) in [5.74, 6) is -0.279. The molecular formula is C18H26N2O4S. The summed E-state index contributed by atoms with van der Waals surface area (Å²) in [5, 5.41) is 5.36. The van der Waals surface area contributed by atoms with Gasteiger partial charge in [-0.15, -0.1) is 0 Å². The second-order valence-electron chi connectivity index (χ2n) is 5.98. The van der Waals surface area contributed by atoms with Crippen LogP contribution in [0.4, 0.5) is 0 Å². The van der Waals surface area contributed by atoms with E-state index < -0.39 is 12.0 Å². The molecule has 0 aliphatic heterocycles. The molecule has 2 amide bonds. The van der Waals surface area contributed by atoms with Crippen molar-refractivity contribution in [2.45, 2.75) is 26.3 Å². The molecule has 0 bridgehead atoms. The third-order valence-corrected chi connectivity index (χ3v) is 3.93. The largest absolute Gasteiger partial charge is 0.454 e. The lowest BCUT2D eigenvalue weighted by atomic mass is 10.1. The Bertz CT molecular complexity index is 563. The second kappa shape index (κ2) is 11.5. The zero-order chi connectivity index (χ0) is 18.7. The van der Waals surface area contributed by atoms with Crippen LogP contribution in [0.15, 0.2) is 30.3 Å². The third kappa shape index (κ3) is 8.58. The number of carbonyl (C=O) groups is 3. The minimum atomic E-state index is -0.780. The highest BCUT2D eigenvalue weighted by molar-refractivity contribution is 7.98. The van der Waals surface area contributed by atoms with Gasteiger partial charge in [0.1, 0.15) is 6.04 Å². The highest BCUT2D eigenvalue weighted by Gasteiger charge is 2.23. The van der Waals surface area contributed by atoms with Crippen LogP contribution in [0.2, 0.25) is 0 Å². The molecule has 0 saturated carbocycles. The number of amides is 2. The van der Waals surface area contributed by atoms with E-state index in [1.54, 1.807) is 36.0 Å². The second-order valence-corrected chi connectivity index (χ2v) is 6.96. The van der Waals surface area contributed by atoms with E-state index in [9.17, 15) is 14.4 Å². The minimum Gasteiger partial charge on any atom is -0.454 e. The SMILES string of the molecule is CSCC[C@H](NC(=O)c1ccccc1)C(=O)OCC(=O)NCC(C)C. The fourth-order valence-corrected chi connectivity index (χ4v) is 2.39. The summed E-state index contributed by atoms with van der Waals surface area (Å²) < 4.78 is 5.06. The fourth-order valence-electron chi connectivity index (χ4n) is 1.92. The van der Waals surface area contributed by atoms with Gasteiger partial charge in [0.25, 0.3) is 11.8 Å². The van der Waals surface area contributed by atoms with Gasteiger partial charge in [-0.2, -0.15) is 11.8 Å². The van der Waals surface area contributed by atoms with Gasteiger partial charge in [-0.1, -0.05) is 32.0 Å². The first-order valence-electron chi connectivity index (χ1n) is 8.22. The van der Waals surface area contributed by atoms with Gasteiger partial charge < -0.3 is 15.4 Å². The van der Waals surface area contributed by atoms with E-state index >= 15 is 0 Å². The zero-order valence-electron chi connectivity index (χ0n) is 14.9. The molecule has 1 aromatic carbocycles. The van der Waals surface area contributed by atoms with E-state index in [-0.39, 0.29) is 18.4 Å². The maximum absolute atomic E-state index is 12.2. The van der Waals surface area contributed by atoms with Gasteiger partial charge in [0.15, 0.2) is 6.61 Å². The summed E-state index contributed by atoms with van der Waals surface area (Å²) >= 11 is 1.57. The fraction of sp³-hybridized carbons (Fsp3) is 0.500. The molecule has 25 heavy (non-hydrogen) atoms. The van der Waals surface area contributed by atoms with Crippen molar-refractivity contribution in [3.63, 3.8) is 0 Å². The number of rotatable bonds is 10. The molecule has 1 atom stereocenters. The average Bonchev–Trinajstić information content (AvgIpc) is 2.61. The van der Waals surface area contributed by atoms with Crippen LogP contribution in [0, 0.1) is 5.92 Å². The molecule has 0 radical (unpaired) electrons. The van der Waals surface area contributed by atoms with Gasteiger partial charge in [-0.25, -0.2) is 4.79 Å². The summed E-state index contributed by atoms with van der Waals surface area (Å²) in [4.78, 5) is 36.1. The molecule has 0 saturated heterocycles. The van der Waals surface area contributed by atoms with Crippen molar-refractivity contribution in [3.8, 4) is 0 Å². The number of hydrogen-bond donors (Lipinski definition) is 2. The molecule has 0 fully saturated rings. The zero-order valence-corrected chi connectivity index (χ0v) is 15.7. The lowest BCUT2D eigenvalue weighted by Gasteiger charge is -2.17. The average molecular weight is 366 g/mol. The van der Waals surface area contributed by atoms with Gasteiger partial charge in [0.2, 0.25) is 0 Å². The molecule has 0 aliphatic carbocycles. The molecule has 0 unspecified atom stereocenters. The van der Waals surface area contributed by atoms with Crippen molar-refractivity contribution in [1.82, 2.24) is 10.6 Å². The quantitative estimate of drug-likeness (QED) is 0.618. The summed E-state index contributed by atoms with van der Waals surface area (Å²) in [6, 6.07) is 7.88. The maximum Gasteiger partial charge on any atom is 0.329 e. The van der Waals surface area contributed by atoms with Crippen LogP contribution in [-0.4, -0.2) is 49.0 Å². The third-order valence-electron chi connectivity index (χ3n) is 3.29. The molecule has 7 heteroatoms. The molecule has 1 aromatic rings. The molecular weight excluding hydrogens is 340 g/mol. The molecule has 138 valence electrons. The number of hydrogen-bond acceptors (Lipinski definition) is 5. The number of benzene rings is 1. The Labute approximate surface area is 153 Å². The predicted molar refractivity (Wildman–Crippen MR) is 99.5 cm³/mol. The molecule has 0 spiro atoms. The van der Waals surface area contributed by atoms with Gasteiger partial charge in [0, 0.05) is 12.1 Å². The van der Waals surface area contributed by atoms with Crippen molar-refractivity contribution in [1.29, 1.82) is 0 Å². The highest BCUT2D eigenvalue weighted by atomic mass is 32.2. The van der Waals surface area contributed by atoms with Gasteiger partial charge >= 0.3 is 5.97 Å². The lowest BCUT2D eigenvalue weighted by molar-refractivity contribution is -0.150. The van der Waals surface area contributed by atoms with E-state index in [2.05, 4.69) is 10.6 Å². The molecule has 0 heterocycles. The highest BCUT2D eigenvalue weighted by Crippen LogP contribution is 2.05. The Morgan fingerprint density at radius 2 is 1.84 bits per heavy atom. The Morgan fingerprint density at radius 1 is 1.16 bits per heavy atom. The van der Waals surface area contributed by atoms with E-state index in [1.807, 2.05) is 26.2 Å². The first-order valence-corrected chi connectivity index (χ1v) is 9.61. The Kier molecular flexibility index (Phi) is 9.69. The summed E-state index contributed by atoms with van der Waals surface area (Å²) in [6.45, 7) is 4.13. The summed E-state index contributed by atoms with van der Waals surface area (Å²) in [6.07, 6.45) is 2.35. The normalized spacial score (nSPS) is 11.7. The predicted octanol–water partition coefficient (Wildman–Crippen LogP) is 1.85. The molecule has 2 N–H and O–H groups in total. The van der Waals surface area contributed by atoms with Crippen LogP contribution in [0.3, 0.4) is 0 Å². The van der Waals surface area contributed by atoms with Crippen LogP contribution >= 0.6 is 11.8 Å².